The van der Waals surface area contributed by atoms with Crippen LogP contribution in [-0.4, -0.2) is 54.4 Å². The Balaban J connectivity index is 1.40. The molecule has 0 N–H and O–H groups in total. The summed E-state index contributed by atoms with van der Waals surface area (Å²) >= 11 is 0. The van der Waals surface area contributed by atoms with Crippen molar-refractivity contribution in [1.29, 1.82) is 0 Å². The lowest BCUT2D eigenvalue weighted by Crippen LogP contribution is -2.49. The van der Waals surface area contributed by atoms with Crippen LogP contribution in [0.5, 0.6) is 5.75 Å². The van der Waals surface area contributed by atoms with Gasteiger partial charge in [-0.1, -0.05) is 12.1 Å². The Hall–Kier alpha value is -3.54. The predicted octanol–water partition coefficient (Wildman–Crippen LogP) is 4.03. The van der Waals surface area contributed by atoms with Gasteiger partial charge in [0.1, 0.15) is 5.75 Å². The summed E-state index contributed by atoms with van der Waals surface area (Å²) < 4.78 is 7.37. The van der Waals surface area contributed by atoms with Crippen molar-refractivity contribution in [1.82, 2.24) is 9.47 Å². The second kappa shape index (κ2) is 9.73. The number of hydrogen-bond acceptors (Lipinski definition) is 4. The van der Waals surface area contributed by atoms with Crippen LogP contribution in [0.2, 0.25) is 0 Å². The summed E-state index contributed by atoms with van der Waals surface area (Å²) in [5.74, 6) is 1.03. The average molecular weight is 432 g/mol. The molecule has 166 valence electrons. The summed E-state index contributed by atoms with van der Waals surface area (Å²) in [5.41, 5.74) is 2.89. The molecule has 1 aliphatic rings. The third-order valence-corrected chi connectivity index (χ3v) is 6.13. The number of amides is 1. The van der Waals surface area contributed by atoms with E-state index in [1.165, 1.54) is 0 Å². The molecule has 0 spiro atoms. The molecule has 1 amide bonds. The van der Waals surface area contributed by atoms with E-state index in [9.17, 15) is 9.59 Å². The zero-order valence-corrected chi connectivity index (χ0v) is 18.6. The first-order valence-electron chi connectivity index (χ1n) is 11.0. The molecule has 32 heavy (non-hydrogen) atoms. The van der Waals surface area contributed by atoms with Crippen LogP contribution in [0.1, 0.15) is 35.3 Å². The molecule has 2 heterocycles. The first-order chi connectivity index (χ1) is 15.5. The fourth-order valence-electron chi connectivity index (χ4n) is 4.19. The van der Waals surface area contributed by atoms with Crippen LogP contribution in [0, 0.1) is 0 Å². The molecule has 4 rings (SSSR count). The van der Waals surface area contributed by atoms with Crippen molar-refractivity contribution in [3.05, 3.63) is 84.2 Å². The summed E-state index contributed by atoms with van der Waals surface area (Å²) in [6.07, 6.45) is 4.42. The SMILES string of the molecule is COc1ccc([C@H](CC(=O)N2CCN(c3ccc(C(C)=O)cc3)CC2)n2cccc2)cc1. The topological polar surface area (TPSA) is 54.8 Å². The molecule has 0 radical (unpaired) electrons. The van der Waals surface area contributed by atoms with Crippen LogP contribution in [0.25, 0.3) is 0 Å². The lowest BCUT2D eigenvalue weighted by atomic mass is 10.0. The summed E-state index contributed by atoms with van der Waals surface area (Å²) in [4.78, 5) is 28.9. The van der Waals surface area contributed by atoms with Crippen LogP contribution in [0.15, 0.2) is 73.1 Å². The number of methoxy groups -OCH3 is 1. The zero-order valence-electron chi connectivity index (χ0n) is 18.6. The Labute approximate surface area is 189 Å². The molecule has 1 aromatic heterocycles. The molecule has 6 heteroatoms. The highest BCUT2D eigenvalue weighted by Crippen LogP contribution is 2.26. The van der Waals surface area contributed by atoms with E-state index in [4.69, 9.17) is 4.74 Å². The summed E-state index contributed by atoms with van der Waals surface area (Å²) in [5, 5.41) is 0. The molecular weight excluding hydrogens is 402 g/mol. The Kier molecular flexibility index (Phi) is 6.59. The first kappa shape index (κ1) is 21.7. The minimum Gasteiger partial charge on any atom is -0.497 e. The maximum absolute atomic E-state index is 13.2. The lowest BCUT2D eigenvalue weighted by molar-refractivity contribution is -0.132. The largest absolute Gasteiger partial charge is 0.497 e. The molecule has 1 fully saturated rings. The van der Waals surface area contributed by atoms with E-state index in [-0.39, 0.29) is 17.7 Å². The van der Waals surface area contributed by atoms with E-state index in [0.29, 0.717) is 19.5 Å². The van der Waals surface area contributed by atoms with Gasteiger partial charge in [-0.05, 0) is 61.0 Å². The van der Waals surface area contributed by atoms with Crippen LogP contribution >= 0.6 is 0 Å². The monoisotopic (exact) mass is 431 g/mol. The number of carbonyl (C=O) groups is 2. The van der Waals surface area contributed by atoms with Crippen molar-refractivity contribution in [2.75, 3.05) is 38.2 Å². The number of benzene rings is 2. The quantitative estimate of drug-likeness (QED) is 0.530. The molecule has 0 aliphatic carbocycles. The number of aromatic nitrogens is 1. The molecule has 0 saturated carbocycles. The summed E-state index contributed by atoms with van der Waals surface area (Å²) in [6.45, 7) is 4.51. The molecule has 3 aromatic rings. The van der Waals surface area contributed by atoms with Crippen LogP contribution in [0.4, 0.5) is 5.69 Å². The van der Waals surface area contributed by atoms with Gasteiger partial charge in [0.05, 0.1) is 19.6 Å². The molecular formula is C26H29N3O3. The summed E-state index contributed by atoms with van der Waals surface area (Å²) in [7, 11) is 1.65. The number of Topliss-reactive ketones (excluding diaryl/α,β-unsaturated/α-hetero) is 1. The Morgan fingerprint density at radius 1 is 0.906 bits per heavy atom. The van der Waals surface area contributed by atoms with Crippen molar-refractivity contribution >= 4 is 17.4 Å². The molecule has 6 nitrogen and oxygen atoms in total. The van der Waals surface area contributed by atoms with Gasteiger partial charge >= 0.3 is 0 Å². The highest BCUT2D eigenvalue weighted by Gasteiger charge is 2.25. The Bertz CT molecular complexity index is 1030. The number of rotatable bonds is 7. The normalized spacial score (nSPS) is 14.8. The van der Waals surface area contributed by atoms with Crippen LogP contribution < -0.4 is 9.64 Å². The van der Waals surface area contributed by atoms with Gasteiger partial charge in [0.2, 0.25) is 5.91 Å². The van der Waals surface area contributed by atoms with Gasteiger partial charge in [-0.3, -0.25) is 9.59 Å². The standard InChI is InChI=1S/C26H29N3O3/c1-20(30)21-5-9-23(10-6-21)27-15-17-29(18-16-27)26(31)19-25(28-13-3-4-14-28)22-7-11-24(32-2)12-8-22/h3-14,25H,15-19H2,1-2H3/t25-/m0/s1. The number of carbonyl (C=O) groups excluding carboxylic acids is 2. The van der Waals surface area contributed by atoms with Crippen molar-refractivity contribution in [3.8, 4) is 5.75 Å². The number of piperazine rings is 1. The lowest BCUT2D eigenvalue weighted by Gasteiger charge is -2.37. The number of ketones is 1. The first-order valence-corrected chi connectivity index (χ1v) is 11.0. The van der Waals surface area contributed by atoms with E-state index in [0.717, 1.165) is 35.7 Å². The van der Waals surface area contributed by atoms with Crippen molar-refractivity contribution in [3.63, 3.8) is 0 Å². The minimum absolute atomic E-state index is 0.0550. The van der Waals surface area contributed by atoms with Gasteiger partial charge < -0.3 is 19.1 Å². The van der Waals surface area contributed by atoms with Gasteiger partial charge in [-0.25, -0.2) is 0 Å². The average Bonchev–Trinajstić information content (AvgIpc) is 3.37. The minimum atomic E-state index is -0.0550. The van der Waals surface area contributed by atoms with E-state index in [1.807, 2.05) is 78.0 Å². The van der Waals surface area contributed by atoms with Gasteiger partial charge in [0.15, 0.2) is 5.78 Å². The van der Waals surface area contributed by atoms with E-state index in [2.05, 4.69) is 9.47 Å². The highest BCUT2D eigenvalue weighted by atomic mass is 16.5. The Morgan fingerprint density at radius 3 is 2.09 bits per heavy atom. The fourth-order valence-corrected chi connectivity index (χ4v) is 4.19. The van der Waals surface area contributed by atoms with E-state index < -0.39 is 0 Å². The van der Waals surface area contributed by atoms with E-state index in [1.54, 1.807) is 14.0 Å². The molecule has 0 bridgehead atoms. The van der Waals surface area contributed by atoms with Gasteiger partial charge in [0.25, 0.3) is 0 Å². The molecule has 1 atom stereocenters. The predicted molar refractivity (Wildman–Crippen MR) is 125 cm³/mol. The Morgan fingerprint density at radius 2 is 1.53 bits per heavy atom. The second-order valence-electron chi connectivity index (χ2n) is 8.09. The van der Waals surface area contributed by atoms with Crippen LogP contribution in [0.3, 0.4) is 0 Å². The third kappa shape index (κ3) is 4.85. The van der Waals surface area contributed by atoms with Gasteiger partial charge in [-0.2, -0.15) is 0 Å². The highest BCUT2D eigenvalue weighted by molar-refractivity contribution is 5.94. The van der Waals surface area contributed by atoms with Crippen LogP contribution in [-0.2, 0) is 4.79 Å². The molecule has 1 aliphatic heterocycles. The molecule has 2 aromatic carbocycles. The maximum Gasteiger partial charge on any atom is 0.225 e. The maximum atomic E-state index is 13.2. The molecule has 1 saturated heterocycles. The van der Waals surface area contributed by atoms with Crippen molar-refractivity contribution in [2.45, 2.75) is 19.4 Å². The van der Waals surface area contributed by atoms with Crippen molar-refractivity contribution in [2.24, 2.45) is 0 Å². The molecule has 0 unspecified atom stereocenters. The van der Waals surface area contributed by atoms with Gasteiger partial charge in [-0.15, -0.1) is 0 Å². The second-order valence-corrected chi connectivity index (χ2v) is 8.09. The number of nitrogens with zero attached hydrogens (tertiary/aromatic N) is 3. The number of ether oxygens (including phenoxy) is 1. The van der Waals surface area contributed by atoms with Crippen molar-refractivity contribution < 1.29 is 14.3 Å². The van der Waals surface area contributed by atoms with Gasteiger partial charge in [0, 0.05) is 49.8 Å². The smallest absolute Gasteiger partial charge is 0.225 e. The third-order valence-electron chi connectivity index (χ3n) is 6.13. The zero-order chi connectivity index (χ0) is 22.5. The number of hydrogen-bond donors (Lipinski definition) is 0. The summed E-state index contributed by atoms with van der Waals surface area (Å²) in [6, 6.07) is 19.5. The van der Waals surface area contributed by atoms with E-state index >= 15 is 0 Å². The number of anilines is 1. The fraction of sp³-hybridized carbons (Fsp3) is 0.308.